The van der Waals surface area contributed by atoms with Crippen LogP contribution in [0.5, 0.6) is 5.75 Å². The molecule has 0 saturated heterocycles. The lowest BCUT2D eigenvalue weighted by Crippen LogP contribution is -2.18. The number of aromatic hydroxyl groups is 1. The van der Waals surface area contributed by atoms with Crippen LogP contribution >= 0.6 is 0 Å². The van der Waals surface area contributed by atoms with E-state index in [0.717, 1.165) is 16.7 Å². The van der Waals surface area contributed by atoms with Crippen molar-refractivity contribution in [2.24, 2.45) is 0 Å². The zero-order valence-corrected chi connectivity index (χ0v) is 19.2. The van der Waals surface area contributed by atoms with Crippen LogP contribution < -0.4 is 5.32 Å². The molecule has 0 aromatic heterocycles. The summed E-state index contributed by atoms with van der Waals surface area (Å²) in [5.41, 5.74) is 2.59. The number of rotatable bonds is 5. The predicted octanol–water partition coefficient (Wildman–Crippen LogP) is 4.46. The van der Waals surface area contributed by atoms with Crippen LogP contribution in [-0.4, -0.2) is 24.0 Å². The second-order valence-electron chi connectivity index (χ2n) is 9.57. The molecule has 0 unspecified atom stereocenters. The van der Waals surface area contributed by atoms with E-state index in [-0.39, 0.29) is 28.1 Å². The Hall–Kier alpha value is -2.38. The monoisotopic (exact) mass is 432 g/mol. The molecule has 0 aliphatic carbocycles. The summed E-state index contributed by atoms with van der Waals surface area (Å²) < 4.78 is 33.0. The first-order valence-electron chi connectivity index (χ1n) is 9.82. The molecule has 2 N–H and O–H groups in total. The minimum absolute atomic E-state index is 0.222. The highest BCUT2D eigenvalue weighted by atomic mass is 32.2. The topological polar surface area (TPSA) is 107 Å². The van der Waals surface area contributed by atoms with Crippen molar-refractivity contribution in [2.75, 3.05) is 5.32 Å². The number of hydrogen-bond acceptors (Lipinski definition) is 5. The lowest BCUT2D eigenvalue weighted by Gasteiger charge is -2.28. The second kappa shape index (κ2) is 8.40. The van der Waals surface area contributed by atoms with Crippen molar-refractivity contribution in [2.45, 2.75) is 70.1 Å². The van der Waals surface area contributed by atoms with Gasteiger partial charge in [0.15, 0.2) is 0 Å². The summed E-state index contributed by atoms with van der Waals surface area (Å²) in [6.45, 7) is 12.2. The Kier molecular flexibility index (Phi) is 6.69. The average molecular weight is 433 g/mol. The summed E-state index contributed by atoms with van der Waals surface area (Å²) >= 11 is 0. The number of benzene rings is 2. The molecular formula is C23H30NO5S-. The molecule has 30 heavy (non-hydrogen) atoms. The zero-order valence-electron chi connectivity index (χ0n) is 18.4. The van der Waals surface area contributed by atoms with Crippen molar-refractivity contribution >= 4 is 21.7 Å². The molecule has 6 nitrogen and oxygen atoms in total. The number of anilines is 1. The first-order chi connectivity index (χ1) is 13.6. The normalized spacial score (nSPS) is 12.6. The van der Waals surface area contributed by atoms with Crippen LogP contribution in [0.3, 0.4) is 0 Å². The maximum Gasteiger partial charge on any atom is 0.224 e. The van der Waals surface area contributed by atoms with E-state index in [1.54, 1.807) is 0 Å². The van der Waals surface area contributed by atoms with Gasteiger partial charge >= 0.3 is 0 Å². The molecule has 0 aliphatic heterocycles. The van der Waals surface area contributed by atoms with Gasteiger partial charge < -0.3 is 15.0 Å². The van der Waals surface area contributed by atoms with Crippen LogP contribution in [0.2, 0.25) is 0 Å². The van der Waals surface area contributed by atoms with Gasteiger partial charge in [-0.15, -0.1) is 0 Å². The van der Waals surface area contributed by atoms with E-state index in [1.807, 2.05) is 53.7 Å². The molecule has 0 bridgehead atoms. The number of nitrogens with one attached hydrogen (secondary N) is 1. The van der Waals surface area contributed by atoms with Crippen molar-refractivity contribution in [3.63, 3.8) is 0 Å². The fraction of sp³-hybridized carbons (Fsp3) is 0.435. The highest BCUT2D eigenvalue weighted by Gasteiger charge is 2.26. The van der Waals surface area contributed by atoms with Crippen LogP contribution in [0.4, 0.5) is 5.69 Å². The second-order valence-corrected chi connectivity index (χ2v) is 10.9. The molecule has 0 atom stereocenters. The van der Waals surface area contributed by atoms with Gasteiger partial charge in [0.2, 0.25) is 5.91 Å². The summed E-state index contributed by atoms with van der Waals surface area (Å²) in [5, 5.41) is 13.5. The maximum absolute atomic E-state index is 12.4. The van der Waals surface area contributed by atoms with Crippen LogP contribution in [0.1, 0.15) is 64.7 Å². The number of hydrogen-bond donors (Lipinski definition) is 2. The minimum Gasteiger partial charge on any atom is -0.744 e. The van der Waals surface area contributed by atoms with Gasteiger partial charge in [0.05, 0.1) is 4.90 Å². The van der Waals surface area contributed by atoms with Crippen molar-refractivity contribution in [3.8, 4) is 5.75 Å². The summed E-state index contributed by atoms with van der Waals surface area (Å²) in [4.78, 5) is 12.0. The lowest BCUT2D eigenvalue weighted by molar-refractivity contribution is -0.116. The standard InChI is InChI=1S/C23H31NO5S/c1-22(2,3)18-13-15(14-19(21(18)26)23(4,5)6)7-12-20(25)24-16-8-10-17(11-9-16)30(27,28)29/h8-11,13-14,26H,7,12H2,1-6H3,(H,24,25)(H,27,28,29)/p-1. The fourth-order valence-corrected chi connectivity index (χ4v) is 3.64. The minimum atomic E-state index is -4.51. The fourth-order valence-electron chi connectivity index (χ4n) is 3.17. The largest absolute Gasteiger partial charge is 0.744 e. The van der Waals surface area contributed by atoms with Gasteiger partial charge in [-0.05, 0) is 58.2 Å². The van der Waals surface area contributed by atoms with E-state index < -0.39 is 10.1 Å². The Labute approximate surface area is 179 Å². The Morgan fingerprint density at radius 2 is 1.43 bits per heavy atom. The number of aryl methyl sites for hydroxylation is 1. The van der Waals surface area contributed by atoms with Crippen LogP contribution in [-0.2, 0) is 32.2 Å². The third-order valence-corrected chi connectivity index (χ3v) is 5.70. The SMILES string of the molecule is CC(C)(C)c1cc(CCC(=O)Nc2ccc(S(=O)(=O)[O-])cc2)cc(C(C)(C)C)c1O. The molecule has 0 spiro atoms. The molecular weight excluding hydrogens is 402 g/mol. The van der Waals surface area contributed by atoms with E-state index >= 15 is 0 Å². The summed E-state index contributed by atoms with van der Waals surface area (Å²) in [6, 6.07) is 9.01. The third kappa shape index (κ3) is 6.06. The zero-order chi connectivity index (χ0) is 22.9. The van der Waals surface area contributed by atoms with Gasteiger partial charge in [-0.1, -0.05) is 53.7 Å². The van der Waals surface area contributed by atoms with E-state index in [0.29, 0.717) is 17.9 Å². The smallest absolute Gasteiger partial charge is 0.224 e. The maximum atomic E-state index is 12.4. The van der Waals surface area contributed by atoms with Crippen molar-refractivity contribution in [1.82, 2.24) is 0 Å². The van der Waals surface area contributed by atoms with E-state index in [1.165, 1.54) is 24.3 Å². The van der Waals surface area contributed by atoms with E-state index in [4.69, 9.17) is 0 Å². The van der Waals surface area contributed by atoms with Gasteiger partial charge in [0.1, 0.15) is 15.9 Å². The van der Waals surface area contributed by atoms with Crippen molar-refractivity contribution in [1.29, 1.82) is 0 Å². The molecule has 2 aromatic rings. The van der Waals surface area contributed by atoms with Crippen LogP contribution in [0, 0.1) is 0 Å². The Morgan fingerprint density at radius 1 is 0.967 bits per heavy atom. The van der Waals surface area contributed by atoms with Gasteiger partial charge in [-0.2, -0.15) is 0 Å². The Bertz CT molecular complexity index is 992. The van der Waals surface area contributed by atoms with E-state index in [2.05, 4.69) is 5.32 Å². The molecule has 2 aromatic carbocycles. The van der Waals surface area contributed by atoms with E-state index in [9.17, 15) is 22.9 Å². The van der Waals surface area contributed by atoms with Crippen LogP contribution in [0.15, 0.2) is 41.3 Å². The molecule has 0 saturated carbocycles. The quantitative estimate of drug-likeness (QED) is 0.678. The summed E-state index contributed by atoms with van der Waals surface area (Å²) in [6.07, 6.45) is 0.713. The molecule has 164 valence electrons. The number of phenolic OH excluding ortho intramolecular Hbond substituents is 1. The van der Waals surface area contributed by atoms with Gasteiger partial charge in [0, 0.05) is 12.1 Å². The number of phenols is 1. The highest BCUT2D eigenvalue weighted by molar-refractivity contribution is 7.85. The first kappa shape index (κ1) is 23.9. The summed E-state index contributed by atoms with van der Waals surface area (Å²) in [7, 11) is -4.51. The number of carbonyl (C=O) groups is 1. The molecule has 0 fully saturated rings. The molecule has 0 heterocycles. The summed E-state index contributed by atoms with van der Waals surface area (Å²) in [5.74, 6) is 0.0760. The number of carbonyl (C=O) groups excluding carboxylic acids is 1. The van der Waals surface area contributed by atoms with Gasteiger partial charge in [-0.25, -0.2) is 8.42 Å². The third-order valence-electron chi connectivity index (χ3n) is 4.85. The van der Waals surface area contributed by atoms with Gasteiger partial charge in [-0.3, -0.25) is 4.79 Å². The molecule has 2 rings (SSSR count). The van der Waals surface area contributed by atoms with Crippen molar-refractivity contribution < 1.29 is 22.9 Å². The Morgan fingerprint density at radius 3 is 1.83 bits per heavy atom. The number of amides is 1. The molecule has 1 amide bonds. The lowest BCUT2D eigenvalue weighted by atomic mass is 9.78. The molecule has 0 radical (unpaired) electrons. The Balaban J connectivity index is 2.17. The van der Waals surface area contributed by atoms with Gasteiger partial charge in [0.25, 0.3) is 0 Å². The van der Waals surface area contributed by atoms with Crippen LogP contribution in [0.25, 0.3) is 0 Å². The predicted molar refractivity (Wildman–Crippen MR) is 117 cm³/mol. The molecule has 7 heteroatoms. The first-order valence-corrected chi connectivity index (χ1v) is 11.2. The highest BCUT2D eigenvalue weighted by Crippen LogP contribution is 2.40. The van der Waals surface area contributed by atoms with Crippen molar-refractivity contribution in [3.05, 3.63) is 53.1 Å². The average Bonchev–Trinajstić information content (AvgIpc) is 2.58. The molecule has 0 aliphatic rings.